The lowest BCUT2D eigenvalue weighted by Gasteiger charge is -2.35. The molecule has 1 aromatic heterocycles. The third kappa shape index (κ3) is 4.78. The lowest BCUT2D eigenvalue weighted by Crippen LogP contribution is -2.43. The molecule has 1 atom stereocenters. The lowest BCUT2D eigenvalue weighted by molar-refractivity contribution is 0.0162. The molecule has 5 nitrogen and oxygen atoms in total. The highest BCUT2D eigenvalue weighted by molar-refractivity contribution is 6.30. The second-order valence-corrected chi connectivity index (χ2v) is 6.55. The molecule has 2 heterocycles. The van der Waals surface area contributed by atoms with Crippen molar-refractivity contribution in [3.05, 3.63) is 64.4 Å². The first-order chi connectivity index (χ1) is 12.1. The van der Waals surface area contributed by atoms with Gasteiger partial charge in [0, 0.05) is 36.5 Å². The number of aromatic nitrogens is 1. The number of aryl methyl sites for hydroxylation is 1. The maximum Gasteiger partial charge on any atom is 0.252 e. The zero-order chi connectivity index (χ0) is 17.6. The molecule has 1 aliphatic rings. The fourth-order valence-electron chi connectivity index (χ4n) is 2.93. The van der Waals surface area contributed by atoms with E-state index in [0.717, 1.165) is 24.3 Å². The fourth-order valence-corrected chi connectivity index (χ4v) is 3.05. The number of carbonyl (C=O) groups is 1. The molecular weight excluding hydrogens is 338 g/mol. The van der Waals surface area contributed by atoms with Crippen molar-refractivity contribution in [2.45, 2.75) is 13.0 Å². The average Bonchev–Trinajstić information content (AvgIpc) is 2.64. The summed E-state index contributed by atoms with van der Waals surface area (Å²) in [7, 11) is 0. The third-order valence-electron chi connectivity index (χ3n) is 4.37. The first-order valence-corrected chi connectivity index (χ1v) is 8.79. The van der Waals surface area contributed by atoms with E-state index in [-0.39, 0.29) is 11.9 Å². The number of rotatable bonds is 5. The van der Waals surface area contributed by atoms with Crippen LogP contribution in [-0.2, 0) is 4.74 Å². The monoisotopic (exact) mass is 359 g/mol. The van der Waals surface area contributed by atoms with E-state index in [1.54, 1.807) is 12.3 Å². The smallest absolute Gasteiger partial charge is 0.252 e. The third-order valence-corrected chi connectivity index (χ3v) is 4.62. The van der Waals surface area contributed by atoms with Gasteiger partial charge in [-0.15, -0.1) is 0 Å². The van der Waals surface area contributed by atoms with Crippen molar-refractivity contribution in [3.63, 3.8) is 0 Å². The molecule has 0 spiro atoms. The molecular formula is C19H22ClN3O2. The Morgan fingerprint density at radius 1 is 1.24 bits per heavy atom. The summed E-state index contributed by atoms with van der Waals surface area (Å²) in [6.07, 6.45) is 1.61. The normalized spacial score (nSPS) is 16.4. The summed E-state index contributed by atoms with van der Waals surface area (Å²) in [5.41, 5.74) is 2.60. The summed E-state index contributed by atoms with van der Waals surface area (Å²) in [5, 5.41) is 3.74. The number of hydrogen-bond donors (Lipinski definition) is 1. The molecule has 0 aliphatic carbocycles. The van der Waals surface area contributed by atoms with Crippen LogP contribution in [-0.4, -0.2) is 48.6 Å². The van der Waals surface area contributed by atoms with Crippen molar-refractivity contribution in [2.24, 2.45) is 0 Å². The number of nitrogens with zero attached hydrogens (tertiary/aromatic N) is 2. The SMILES string of the molecule is Cc1ccc(C(=O)NCC(c2ccc(Cl)cc2)N2CCOCC2)cn1. The second-order valence-electron chi connectivity index (χ2n) is 6.11. The Kier molecular flexibility index (Phi) is 6.02. The highest BCUT2D eigenvalue weighted by atomic mass is 35.5. The molecule has 1 fully saturated rings. The van der Waals surface area contributed by atoms with Gasteiger partial charge in [-0.25, -0.2) is 0 Å². The number of hydrogen-bond acceptors (Lipinski definition) is 4. The molecule has 132 valence electrons. The molecule has 0 saturated carbocycles. The van der Waals surface area contributed by atoms with Gasteiger partial charge in [0.1, 0.15) is 0 Å². The first kappa shape index (κ1) is 17.9. The van der Waals surface area contributed by atoms with Crippen LogP contribution in [0.25, 0.3) is 0 Å². The number of amides is 1. The van der Waals surface area contributed by atoms with E-state index in [0.29, 0.717) is 30.3 Å². The summed E-state index contributed by atoms with van der Waals surface area (Å²) in [6.45, 7) is 5.52. The summed E-state index contributed by atoms with van der Waals surface area (Å²) >= 11 is 6.01. The Labute approximate surface area is 153 Å². The predicted molar refractivity (Wildman–Crippen MR) is 97.9 cm³/mol. The van der Waals surface area contributed by atoms with E-state index in [2.05, 4.69) is 15.2 Å². The van der Waals surface area contributed by atoms with Gasteiger partial charge in [-0.1, -0.05) is 23.7 Å². The second kappa shape index (κ2) is 8.43. The van der Waals surface area contributed by atoms with Crippen molar-refractivity contribution in [2.75, 3.05) is 32.8 Å². The van der Waals surface area contributed by atoms with Crippen molar-refractivity contribution < 1.29 is 9.53 Å². The van der Waals surface area contributed by atoms with Crippen LogP contribution in [0.2, 0.25) is 5.02 Å². The van der Waals surface area contributed by atoms with Gasteiger partial charge in [-0.2, -0.15) is 0 Å². The highest BCUT2D eigenvalue weighted by Gasteiger charge is 2.23. The van der Waals surface area contributed by atoms with E-state index in [9.17, 15) is 4.79 Å². The molecule has 0 radical (unpaired) electrons. The van der Waals surface area contributed by atoms with Gasteiger partial charge in [0.2, 0.25) is 0 Å². The number of pyridine rings is 1. The average molecular weight is 360 g/mol. The van der Waals surface area contributed by atoms with Crippen LogP contribution in [0.5, 0.6) is 0 Å². The van der Waals surface area contributed by atoms with Gasteiger partial charge in [0.25, 0.3) is 5.91 Å². The molecule has 1 N–H and O–H groups in total. The zero-order valence-corrected chi connectivity index (χ0v) is 15.0. The van der Waals surface area contributed by atoms with Gasteiger partial charge < -0.3 is 10.1 Å². The van der Waals surface area contributed by atoms with E-state index in [4.69, 9.17) is 16.3 Å². The molecule has 1 amide bonds. The van der Waals surface area contributed by atoms with Gasteiger partial charge in [-0.3, -0.25) is 14.7 Å². The van der Waals surface area contributed by atoms with Crippen LogP contribution in [0.1, 0.15) is 27.7 Å². The molecule has 1 saturated heterocycles. The van der Waals surface area contributed by atoms with Gasteiger partial charge in [-0.05, 0) is 36.8 Å². The Balaban J connectivity index is 1.71. The maximum atomic E-state index is 12.4. The van der Waals surface area contributed by atoms with Crippen LogP contribution >= 0.6 is 11.6 Å². The Morgan fingerprint density at radius 2 is 1.96 bits per heavy atom. The highest BCUT2D eigenvalue weighted by Crippen LogP contribution is 2.23. The fraction of sp³-hybridized carbons (Fsp3) is 0.368. The summed E-state index contributed by atoms with van der Waals surface area (Å²) in [6, 6.07) is 11.5. The number of halogens is 1. The van der Waals surface area contributed by atoms with Gasteiger partial charge >= 0.3 is 0 Å². The van der Waals surface area contributed by atoms with E-state index in [1.807, 2.05) is 37.3 Å². The van der Waals surface area contributed by atoms with E-state index >= 15 is 0 Å². The topological polar surface area (TPSA) is 54.5 Å². The number of ether oxygens (including phenoxy) is 1. The predicted octanol–water partition coefficient (Wildman–Crippen LogP) is 2.85. The molecule has 1 aromatic carbocycles. The minimum atomic E-state index is -0.111. The van der Waals surface area contributed by atoms with Gasteiger partial charge in [0.15, 0.2) is 0 Å². The maximum absolute atomic E-state index is 12.4. The standard InChI is InChI=1S/C19H22ClN3O2/c1-14-2-3-16(12-21-14)19(24)22-13-18(23-8-10-25-11-9-23)15-4-6-17(20)7-5-15/h2-7,12,18H,8-11,13H2,1H3,(H,22,24). The Bertz CT molecular complexity index is 698. The summed E-state index contributed by atoms with van der Waals surface area (Å²) in [4.78, 5) is 18.9. The molecule has 2 aromatic rings. The largest absolute Gasteiger partial charge is 0.379 e. The van der Waals surface area contributed by atoms with E-state index < -0.39 is 0 Å². The summed E-state index contributed by atoms with van der Waals surface area (Å²) < 4.78 is 5.45. The number of benzene rings is 1. The number of morpholine rings is 1. The van der Waals surface area contributed by atoms with E-state index in [1.165, 1.54) is 0 Å². The van der Waals surface area contributed by atoms with Crippen LogP contribution in [0.3, 0.4) is 0 Å². The molecule has 25 heavy (non-hydrogen) atoms. The van der Waals surface area contributed by atoms with Crippen molar-refractivity contribution in [1.82, 2.24) is 15.2 Å². The zero-order valence-electron chi connectivity index (χ0n) is 14.2. The summed E-state index contributed by atoms with van der Waals surface area (Å²) in [5.74, 6) is -0.111. The minimum Gasteiger partial charge on any atom is -0.379 e. The quantitative estimate of drug-likeness (QED) is 0.891. The van der Waals surface area contributed by atoms with Crippen molar-refractivity contribution in [3.8, 4) is 0 Å². The lowest BCUT2D eigenvalue weighted by atomic mass is 10.0. The first-order valence-electron chi connectivity index (χ1n) is 8.41. The van der Waals surface area contributed by atoms with Gasteiger partial charge in [0.05, 0.1) is 24.8 Å². The van der Waals surface area contributed by atoms with Crippen LogP contribution in [0.15, 0.2) is 42.6 Å². The van der Waals surface area contributed by atoms with Crippen molar-refractivity contribution in [1.29, 1.82) is 0 Å². The molecule has 0 bridgehead atoms. The van der Waals surface area contributed by atoms with Crippen LogP contribution < -0.4 is 5.32 Å². The van der Waals surface area contributed by atoms with Crippen molar-refractivity contribution >= 4 is 17.5 Å². The van der Waals surface area contributed by atoms with Crippen LogP contribution in [0, 0.1) is 6.92 Å². The Morgan fingerprint density at radius 3 is 2.60 bits per heavy atom. The molecule has 6 heteroatoms. The number of nitrogens with one attached hydrogen (secondary N) is 1. The molecule has 1 aliphatic heterocycles. The van der Waals surface area contributed by atoms with Crippen LogP contribution in [0.4, 0.5) is 0 Å². The molecule has 1 unspecified atom stereocenters. The minimum absolute atomic E-state index is 0.0866. The Hall–Kier alpha value is -1.95. The number of carbonyl (C=O) groups excluding carboxylic acids is 1. The molecule has 3 rings (SSSR count).